The molecule has 19 heavy (non-hydrogen) atoms. The van der Waals surface area contributed by atoms with Crippen LogP contribution in [0.25, 0.3) is 0 Å². The molecule has 4 heteroatoms. The summed E-state index contributed by atoms with van der Waals surface area (Å²) in [6, 6.07) is 0. The van der Waals surface area contributed by atoms with Crippen LogP contribution in [0.1, 0.15) is 63.4 Å². The molecule has 0 saturated heterocycles. The Hall–Kier alpha value is -0.610. The highest BCUT2D eigenvalue weighted by Crippen LogP contribution is 2.44. The minimum Gasteiger partial charge on any atom is -0.351 e. The average molecular weight is 281 g/mol. The maximum Gasteiger partial charge on any atom is 0.185 e. The molecule has 2 rings (SSSR count). The molecule has 1 aromatic heterocycles. The normalized spacial score (nSPS) is 15.8. The van der Waals surface area contributed by atoms with Crippen LogP contribution in [0, 0.1) is 0 Å². The molecule has 0 aliphatic heterocycles. The first-order chi connectivity index (χ1) is 8.90. The van der Waals surface area contributed by atoms with Crippen molar-refractivity contribution in [2.24, 2.45) is 0 Å². The van der Waals surface area contributed by atoms with Gasteiger partial charge in [0.2, 0.25) is 0 Å². The Morgan fingerprint density at radius 1 is 1.37 bits per heavy atom. The van der Waals surface area contributed by atoms with Crippen LogP contribution in [-0.4, -0.2) is 24.1 Å². The Kier molecular flexibility index (Phi) is 4.51. The summed E-state index contributed by atoms with van der Waals surface area (Å²) in [5, 5.41) is 4.79. The third-order valence-electron chi connectivity index (χ3n) is 3.35. The van der Waals surface area contributed by atoms with Gasteiger partial charge in [-0.15, -0.1) is 11.3 Å². The van der Waals surface area contributed by atoms with Crippen LogP contribution >= 0.6 is 11.3 Å². The third-order valence-corrected chi connectivity index (χ3v) is 4.53. The van der Waals surface area contributed by atoms with Crippen LogP contribution in [0.5, 0.6) is 0 Å². The highest BCUT2D eigenvalue weighted by molar-refractivity contribution is 7.15. The van der Waals surface area contributed by atoms with Crippen molar-refractivity contribution in [3.63, 3.8) is 0 Å². The molecule has 1 heterocycles. The van der Waals surface area contributed by atoms with Crippen LogP contribution in [0.2, 0.25) is 0 Å². The van der Waals surface area contributed by atoms with Crippen molar-refractivity contribution in [1.29, 1.82) is 0 Å². The van der Waals surface area contributed by atoms with Gasteiger partial charge in [0.15, 0.2) is 5.13 Å². The standard InChI is InChI=1S/C15H27N3S/c1-6-9-18(5)14-17-13(11-7-8-11)12(19-14)10-16-15(2,3)4/h11,16H,6-10H2,1-5H3. The van der Waals surface area contributed by atoms with Gasteiger partial charge in [0.05, 0.1) is 5.69 Å². The van der Waals surface area contributed by atoms with Crippen molar-refractivity contribution in [3.8, 4) is 0 Å². The highest BCUT2D eigenvalue weighted by Gasteiger charge is 2.30. The van der Waals surface area contributed by atoms with Gasteiger partial charge in [0.1, 0.15) is 0 Å². The second kappa shape index (κ2) is 5.80. The highest BCUT2D eigenvalue weighted by atomic mass is 32.1. The second-order valence-corrected chi connectivity index (χ2v) is 7.67. The van der Waals surface area contributed by atoms with Gasteiger partial charge in [-0.25, -0.2) is 4.98 Å². The zero-order chi connectivity index (χ0) is 14.0. The molecule has 1 aromatic rings. The zero-order valence-electron chi connectivity index (χ0n) is 12.9. The van der Waals surface area contributed by atoms with E-state index in [9.17, 15) is 0 Å². The SMILES string of the molecule is CCCN(C)c1nc(C2CC2)c(CNC(C)(C)C)s1. The molecular weight excluding hydrogens is 254 g/mol. The van der Waals surface area contributed by atoms with Gasteiger partial charge >= 0.3 is 0 Å². The monoisotopic (exact) mass is 281 g/mol. The molecule has 0 bridgehead atoms. The van der Waals surface area contributed by atoms with E-state index in [-0.39, 0.29) is 5.54 Å². The quantitative estimate of drug-likeness (QED) is 0.860. The minimum absolute atomic E-state index is 0.167. The van der Waals surface area contributed by atoms with Crippen LogP contribution in [0.3, 0.4) is 0 Å². The number of hydrogen-bond acceptors (Lipinski definition) is 4. The van der Waals surface area contributed by atoms with E-state index in [4.69, 9.17) is 4.98 Å². The zero-order valence-corrected chi connectivity index (χ0v) is 13.7. The fourth-order valence-corrected chi connectivity index (χ4v) is 3.17. The summed E-state index contributed by atoms with van der Waals surface area (Å²) in [4.78, 5) is 8.62. The van der Waals surface area contributed by atoms with E-state index in [0.29, 0.717) is 0 Å². The minimum atomic E-state index is 0.167. The molecule has 1 fully saturated rings. The van der Waals surface area contributed by atoms with E-state index >= 15 is 0 Å². The number of nitrogens with zero attached hydrogens (tertiary/aromatic N) is 2. The summed E-state index contributed by atoms with van der Waals surface area (Å²) in [6.07, 6.45) is 3.82. The smallest absolute Gasteiger partial charge is 0.185 e. The van der Waals surface area contributed by atoms with Crippen LogP contribution < -0.4 is 10.2 Å². The summed E-state index contributed by atoms with van der Waals surface area (Å²) in [6.45, 7) is 10.9. The first-order valence-corrected chi connectivity index (χ1v) is 8.18. The molecular formula is C15H27N3S. The summed E-state index contributed by atoms with van der Waals surface area (Å²) < 4.78 is 0. The Morgan fingerprint density at radius 2 is 2.05 bits per heavy atom. The van der Waals surface area contributed by atoms with Gasteiger partial charge in [-0.05, 0) is 40.0 Å². The van der Waals surface area contributed by atoms with Gasteiger partial charge in [-0.2, -0.15) is 0 Å². The Morgan fingerprint density at radius 3 is 2.58 bits per heavy atom. The molecule has 0 radical (unpaired) electrons. The van der Waals surface area contributed by atoms with Crippen molar-refractivity contribution >= 4 is 16.5 Å². The fourth-order valence-electron chi connectivity index (χ4n) is 2.09. The molecule has 1 N–H and O–H groups in total. The average Bonchev–Trinajstić information content (AvgIpc) is 3.06. The van der Waals surface area contributed by atoms with Gasteiger partial charge in [-0.3, -0.25) is 0 Å². The van der Waals surface area contributed by atoms with Gasteiger partial charge in [-0.1, -0.05) is 6.92 Å². The summed E-state index contributed by atoms with van der Waals surface area (Å²) >= 11 is 1.87. The summed E-state index contributed by atoms with van der Waals surface area (Å²) in [5.41, 5.74) is 1.53. The molecule has 108 valence electrons. The summed E-state index contributed by atoms with van der Waals surface area (Å²) in [5.74, 6) is 0.733. The molecule has 0 amide bonds. The largest absolute Gasteiger partial charge is 0.351 e. The molecule has 1 aliphatic carbocycles. The Balaban J connectivity index is 2.11. The van der Waals surface area contributed by atoms with Crippen molar-refractivity contribution in [3.05, 3.63) is 10.6 Å². The third kappa shape index (κ3) is 4.18. The van der Waals surface area contributed by atoms with Crippen molar-refractivity contribution in [1.82, 2.24) is 10.3 Å². The number of hydrogen-bond donors (Lipinski definition) is 1. The number of anilines is 1. The van der Waals surface area contributed by atoms with Gasteiger partial charge < -0.3 is 10.2 Å². The number of rotatable bonds is 6. The lowest BCUT2D eigenvalue weighted by molar-refractivity contribution is 0.425. The lowest BCUT2D eigenvalue weighted by Crippen LogP contribution is -2.35. The molecule has 0 aromatic carbocycles. The van der Waals surface area contributed by atoms with Crippen LogP contribution in [0.4, 0.5) is 5.13 Å². The van der Waals surface area contributed by atoms with E-state index in [1.165, 1.54) is 35.0 Å². The predicted octanol–water partition coefficient (Wildman–Crippen LogP) is 3.75. The molecule has 0 atom stereocenters. The number of aromatic nitrogens is 1. The number of thiazole rings is 1. The molecule has 3 nitrogen and oxygen atoms in total. The van der Waals surface area contributed by atoms with Crippen molar-refractivity contribution in [2.45, 2.75) is 65.0 Å². The van der Waals surface area contributed by atoms with Crippen LogP contribution in [-0.2, 0) is 6.54 Å². The van der Waals surface area contributed by atoms with E-state index < -0.39 is 0 Å². The lowest BCUT2D eigenvalue weighted by Gasteiger charge is -2.20. The maximum atomic E-state index is 4.90. The van der Waals surface area contributed by atoms with E-state index in [2.05, 4.69) is 45.0 Å². The predicted molar refractivity (Wildman–Crippen MR) is 84.2 cm³/mol. The molecule has 0 unspecified atom stereocenters. The fraction of sp³-hybridized carbons (Fsp3) is 0.800. The molecule has 0 spiro atoms. The molecule has 1 aliphatic rings. The van der Waals surface area contributed by atoms with E-state index in [1.807, 2.05) is 11.3 Å². The Bertz CT molecular complexity index is 416. The lowest BCUT2D eigenvalue weighted by atomic mass is 10.1. The first kappa shape index (κ1) is 14.8. The molecule has 1 saturated carbocycles. The van der Waals surface area contributed by atoms with Crippen molar-refractivity contribution in [2.75, 3.05) is 18.5 Å². The summed E-state index contributed by atoms with van der Waals surface area (Å²) in [7, 11) is 2.15. The second-order valence-electron chi connectivity index (χ2n) is 6.60. The number of nitrogens with one attached hydrogen (secondary N) is 1. The Labute approximate surface area is 121 Å². The maximum absolute atomic E-state index is 4.90. The van der Waals surface area contributed by atoms with E-state index in [0.717, 1.165) is 19.0 Å². The van der Waals surface area contributed by atoms with Gasteiger partial charge in [0.25, 0.3) is 0 Å². The van der Waals surface area contributed by atoms with E-state index in [1.54, 1.807) is 0 Å². The van der Waals surface area contributed by atoms with Crippen molar-refractivity contribution < 1.29 is 0 Å². The topological polar surface area (TPSA) is 28.2 Å². The van der Waals surface area contributed by atoms with Crippen LogP contribution in [0.15, 0.2) is 0 Å². The first-order valence-electron chi connectivity index (χ1n) is 7.36. The van der Waals surface area contributed by atoms with Gasteiger partial charge in [0, 0.05) is 36.5 Å².